The van der Waals surface area contributed by atoms with E-state index in [2.05, 4.69) is 20.5 Å². The fourth-order valence-corrected chi connectivity index (χ4v) is 3.25. The van der Waals surface area contributed by atoms with Crippen molar-refractivity contribution in [2.45, 2.75) is 13.8 Å². The predicted octanol–water partition coefficient (Wildman–Crippen LogP) is 3.33. The molecule has 1 aromatic heterocycles. The second kappa shape index (κ2) is 6.84. The summed E-state index contributed by atoms with van der Waals surface area (Å²) < 4.78 is 10.3. The molecule has 1 aliphatic heterocycles. The normalized spacial score (nSPS) is 14.5. The first-order valence-electron chi connectivity index (χ1n) is 8.65. The third-order valence-corrected chi connectivity index (χ3v) is 4.69. The molecule has 9 heteroatoms. The number of nitrogens with one attached hydrogen (secondary N) is 1. The second-order valence-electron chi connectivity index (χ2n) is 6.55. The first-order chi connectivity index (χ1) is 13.0. The number of hydrogen-bond acceptors (Lipinski definition) is 8. The first kappa shape index (κ1) is 17.2. The van der Waals surface area contributed by atoms with Crippen LogP contribution < -0.4 is 10.2 Å². The summed E-state index contributed by atoms with van der Waals surface area (Å²) in [4.78, 5) is 13.4. The van der Waals surface area contributed by atoms with Crippen LogP contribution in [0.5, 0.6) is 0 Å². The molecule has 1 saturated heterocycles. The van der Waals surface area contributed by atoms with E-state index in [1.54, 1.807) is 6.07 Å². The lowest BCUT2D eigenvalue weighted by Crippen LogP contribution is -2.36. The van der Waals surface area contributed by atoms with Crippen molar-refractivity contribution in [2.24, 2.45) is 0 Å². The van der Waals surface area contributed by atoms with E-state index in [0.717, 1.165) is 22.5 Å². The van der Waals surface area contributed by atoms with E-state index >= 15 is 0 Å². The number of nitrogens with zero attached hydrogens (tertiary/aromatic N) is 4. The maximum Gasteiger partial charge on any atom is 0.324 e. The lowest BCUT2D eigenvalue weighted by Gasteiger charge is -2.29. The molecule has 1 aliphatic rings. The average Bonchev–Trinajstić information content (AvgIpc) is 3.13. The summed E-state index contributed by atoms with van der Waals surface area (Å²) in [6, 6.07) is 7.68. The predicted molar refractivity (Wildman–Crippen MR) is 101 cm³/mol. The highest BCUT2D eigenvalue weighted by Crippen LogP contribution is 2.40. The van der Waals surface area contributed by atoms with E-state index in [1.807, 2.05) is 32.0 Å². The van der Waals surface area contributed by atoms with Crippen LogP contribution in [0.4, 0.5) is 22.7 Å². The van der Waals surface area contributed by atoms with Crippen molar-refractivity contribution in [1.82, 2.24) is 10.3 Å². The summed E-state index contributed by atoms with van der Waals surface area (Å²) in [5.74, 6) is 0. The zero-order valence-corrected chi connectivity index (χ0v) is 15.1. The molecule has 0 saturated carbocycles. The van der Waals surface area contributed by atoms with Gasteiger partial charge in [-0.15, -0.1) is 0 Å². The number of nitro groups is 1. The number of aryl methyl sites for hydroxylation is 2. The zero-order valence-electron chi connectivity index (χ0n) is 15.1. The van der Waals surface area contributed by atoms with Gasteiger partial charge in [0.25, 0.3) is 0 Å². The minimum atomic E-state index is -0.455. The fourth-order valence-electron chi connectivity index (χ4n) is 3.25. The van der Waals surface area contributed by atoms with Gasteiger partial charge in [0.1, 0.15) is 5.69 Å². The summed E-state index contributed by atoms with van der Waals surface area (Å²) in [5.41, 5.74) is 4.33. The van der Waals surface area contributed by atoms with Gasteiger partial charge in [0.15, 0.2) is 5.52 Å². The van der Waals surface area contributed by atoms with Gasteiger partial charge in [0.05, 0.1) is 23.8 Å². The molecule has 2 heterocycles. The molecule has 3 aromatic rings. The van der Waals surface area contributed by atoms with Gasteiger partial charge in [-0.3, -0.25) is 10.1 Å². The second-order valence-corrected chi connectivity index (χ2v) is 6.55. The Morgan fingerprint density at radius 2 is 1.85 bits per heavy atom. The van der Waals surface area contributed by atoms with Crippen LogP contribution in [0.2, 0.25) is 0 Å². The summed E-state index contributed by atoms with van der Waals surface area (Å²) >= 11 is 0. The molecule has 4 rings (SSSR count). The van der Waals surface area contributed by atoms with Crippen LogP contribution in [-0.2, 0) is 4.74 Å². The number of rotatable bonds is 4. The SMILES string of the molecule is Cc1ccc(C)c(Nc2cc(N3CCOCC3)c3nonc3c2[N+](=O)[O-])c1. The fraction of sp³-hybridized carbons (Fsp3) is 0.333. The van der Waals surface area contributed by atoms with Crippen LogP contribution in [-0.4, -0.2) is 41.5 Å². The van der Waals surface area contributed by atoms with Crippen molar-refractivity contribution >= 4 is 33.8 Å². The molecule has 0 aliphatic carbocycles. The van der Waals surface area contributed by atoms with Crippen LogP contribution in [0.1, 0.15) is 11.1 Å². The van der Waals surface area contributed by atoms with Crippen molar-refractivity contribution < 1.29 is 14.3 Å². The van der Waals surface area contributed by atoms with E-state index in [4.69, 9.17) is 9.37 Å². The van der Waals surface area contributed by atoms with Crippen LogP contribution >= 0.6 is 0 Å². The number of ether oxygens (including phenoxy) is 1. The Bertz CT molecular complexity index is 1010. The summed E-state index contributed by atoms with van der Waals surface area (Å²) in [6.07, 6.45) is 0. The summed E-state index contributed by atoms with van der Waals surface area (Å²) in [6.45, 7) is 6.44. The molecule has 1 fully saturated rings. The number of benzene rings is 2. The third-order valence-electron chi connectivity index (χ3n) is 4.69. The smallest absolute Gasteiger partial charge is 0.324 e. The van der Waals surface area contributed by atoms with Gasteiger partial charge in [-0.05, 0) is 47.4 Å². The third kappa shape index (κ3) is 3.17. The van der Waals surface area contributed by atoms with E-state index in [1.165, 1.54) is 0 Å². The van der Waals surface area contributed by atoms with Crippen molar-refractivity contribution in [3.63, 3.8) is 0 Å². The summed E-state index contributed by atoms with van der Waals surface area (Å²) in [5, 5.41) is 22.7. The molecule has 0 radical (unpaired) electrons. The monoisotopic (exact) mass is 369 g/mol. The molecule has 2 aromatic carbocycles. The Hall–Kier alpha value is -3.20. The van der Waals surface area contributed by atoms with E-state index in [0.29, 0.717) is 37.5 Å². The molecule has 0 spiro atoms. The topological polar surface area (TPSA) is 107 Å². The Morgan fingerprint density at radius 3 is 2.59 bits per heavy atom. The van der Waals surface area contributed by atoms with E-state index in [9.17, 15) is 10.1 Å². The Morgan fingerprint density at radius 1 is 1.11 bits per heavy atom. The van der Waals surface area contributed by atoms with Gasteiger partial charge >= 0.3 is 5.69 Å². The van der Waals surface area contributed by atoms with Gasteiger partial charge in [-0.2, -0.15) is 0 Å². The number of anilines is 3. The van der Waals surface area contributed by atoms with Crippen LogP contribution in [0, 0.1) is 24.0 Å². The van der Waals surface area contributed by atoms with Gasteiger partial charge < -0.3 is 15.0 Å². The van der Waals surface area contributed by atoms with Crippen molar-refractivity contribution in [3.8, 4) is 0 Å². The highest BCUT2D eigenvalue weighted by atomic mass is 16.6. The zero-order chi connectivity index (χ0) is 19.0. The first-order valence-corrected chi connectivity index (χ1v) is 8.65. The maximum absolute atomic E-state index is 11.8. The quantitative estimate of drug-likeness (QED) is 0.551. The molecule has 27 heavy (non-hydrogen) atoms. The molecular weight excluding hydrogens is 350 g/mol. The highest BCUT2D eigenvalue weighted by molar-refractivity contribution is 6.00. The molecule has 140 valence electrons. The van der Waals surface area contributed by atoms with Crippen LogP contribution in [0.3, 0.4) is 0 Å². The average molecular weight is 369 g/mol. The minimum absolute atomic E-state index is 0.136. The standard InChI is InChI=1S/C18H19N5O4/c1-11-3-4-12(2)13(9-11)19-14-10-15(22-5-7-26-8-6-22)16-17(21-27-20-16)18(14)23(24)25/h3-4,9-10,19H,5-8H2,1-2H3. The van der Waals surface area contributed by atoms with E-state index in [-0.39, 0.29) is 11.2 Å². The van der Waals surface area contributed by atoms with Crippen LogP contribution in [0.25, 0.3) is 11.0 Å². The van der Waals surface area contributed by atoms with Gasteiger partial charge in [-0.1, -0.05) is 12.1 Å². The Kier molecular flexibility index (Phi) is 4.36. The van der Waals surface area contributed by atoms with Crippen molar-refractivity contribution in [2.75, 3.05) is 36.5 Å². The lowest BCUT2D eigenvalue weighted by atomic mass is 10.1. The van der Waals surface area contributed by atoms with Crippen molar-refractivity contribution in [1.29, 1.82) is 0 Å². The molecule has 0 amide bonds. The molecule has 0 atom stereocenters. The highest BCUT2D eigenvalue weighted by Gasteiger charge is 2.28. The summed E-state index contributed by atoms with van der Waals surface area (Å²) in [7, 11) is 0. The van der Waals surface area contributed by atoms with Crippen LogP contribution in [0.15, 0.2) is 28.9 Å². The Labute approximate surface area is 155 Å². The lowest BCUT2D eigenvalue weighted by molar-refractivity contribution is -0.382. The number of hydrogen-bond donors (Lipinski definition) is 1. The van der Waals surface area contributed by atoms with E-state index < -0.39 is 4.92 Å². The molecular formula is C18H19N5O4. The van der Waals surface area contributed by atoms with Gasteiger partial charge in [-0.25, -0.2) is 4.63 Å². The number of aromatic nitrogens is 2. The molecule has 1 N–H and O–H groups in total. The van der Waals surface area contributed by atoms with Crippen molar-refractivity contribution in [3.05, 3.63) is 45.5 Å². The largest absolute Gasteiger partial charge is 0.378 e. The van der Waals surface area contributed by atoms with Gasteiger partial charge in [0, 0.05) is 18.8 Å². The number of nitro benzene ring substituents is 1. The molecule has 9 nitrogen and oxygen atoms in total. The number of morpholine rings is 1. The minimum Gasteiger partial charge on any atom is -0.378 e. The maximum atomic E-state index is 11.8. The molecule has 0 unspecified atom stereocenters. The Balaban J connectivity index is 1.88. The molecule has 0 bridgehead atoms. The van der Waals surface area contributed by atoms with Gasteiger partial charge in [0.2, 0.25) is 5.52 Å². The number of fused-ring (bicyclic) bond motifs is 1.